The molecule has 1 heterocycles. The fourth-order valence-electron chi connectivity index (χ4n) is 2.27. The summed E-state index contributed by atoms with van der Waals surface area (Å²) in [6.45, 7) is 4.11. The number of rotatable bonds is 4. The van der Waals surface area contributed by atoms with Crippen molar-refractivity contribution in [1.82, 2.24) is 9.97 Å². The summed E-state index contributed by atoms with van der Waals surface area (Å²) in [5.74, 6) is 1.06. The second-order valence-electron chi connectivity index (χ2n) is 5.36. The van der Waals surface area contributed by atoms with Crippen LogP contribution in [0, 0.1) is 19.7 Å². The number of nitrogens with zero attached hydrogens (tertiary/aromatic N) is 2. The quantitative estimate of drug-likeness (QED) is 0.732. The van der Waals surface area contributed by atoms with Crippen molar-refractivity contribution in [3.63, 3.8) is 0 Å². The molecule has 0 radical (unpaired) electrons. The van der Waals surface area contributed by atoms with Crippen molar-refractivity contribution in [2.75, 3.05) is 10.6 Å². The molecule has 5 heteroatoms. The van der Waals surface area contributed by atoms with Crippen molar-refractivity contribution in [3.8, 4) is 0 Å². The summed E-state index contributed by atoms with van der Waals surface area (Å²) in [5.41, 5.74) is 4.13. The Morgan fingerprint density at radius 1 is 0.826 bits per heavy atom. The van der Waals surface area contributed by atoms with Crippen LogP contribution in [0.5, 0.6) is 0 Å². The maximum atomic E-state index is 12.9. The molecule has 3 aromatic rings. The van der Waals surface area contributed by atoms with E-state index in [0.29, 0.717) is 11.6 Å². The van der Waals surface area contributed by atoms with Crippen LogP contribution in [0.1, 0.15) is 11.1 Å². The molecular formula is C18H17FN4. The molecule has 0 unspecified atom stereocenters. The van der Waals surface area contributed by atoms with Crippen molar-refractivity contribution in [1.29, 1.82) is 0 Å². The van der Waals surface area contributed by atoms with Crippen LogP contribution in [0.4, 0.5) is 27.4 Å². The second kappa shape index (κ2) is 6.44. The lowest BCUT2D eigenvalue weighted by molar-refractivity contribution is 0.628. The number of aryl methyl sites for hydroxylation is 2. The van der Waals surface area contributed by atoms with E-state index in [-0.39, 0.29) is 5.82 Å². The molecule has 3 rings (SSSR count). The van der Waals surface area contributed by atoms with Gasteiger partial charge in [-0.05, 0) is 49.7 Å². The average molecular weight is 308 g/mol. The van der Waals surface area contributed by atoms with Crippen LogP contribution in [-0.2, 0) is 0 Å². The minimum atomic E-state index is -0.268. The molecule has 23 heavy (non-hydrogen) atoms. The lowest BCUT2D eigenvalue weighted by Gasteiger charge is -2.11. The Morgan fingerprint density at radius 2 is 1.52 bits per heavy atom. The molecule has 0 spiro atoms. The predicted molar refractivity (Wildman–Crippen MR) is 90.9 cm³/mol. The van der Waals surface area contributed by atoms with Gasteiger partial charge < -0.3 is 10.6 Å². The van der Waals surface area contributed by atoms with E-state index in [1.165, 1.54) is 24.0 Å². The zero-order valence-corrected chi connectivity index (χ0v) is 13.0. The second-order valence-corrected chi connectivity index (χ2v) is 5.36. The maximum Gasteiger partial charge on any atom is 0.135 e. The molecular weight excluding hydrogens is 291 g/mol. The first-order chi connectivity index (χ1) is 11.1. The molecule has 116 valence electrons. The lowest BCUT2D eigenvalue weighted by Crippen LogP contribution is -1.99. The SMILES string of the molecule is Cc1ccc(Nc2cc(Nc3ccc(F)cc3)ncn2)c(C)c1. The predicted octanol–water partition coefficient (Wildman–Crippen LogP) is 4.72. The first-order valence-corrected chi connectivity index (χ1v) is 7.29. The summed E-state index contributed by atoms with van der Waals surface area (Å²) < 4.78 is 12.9. The highest BCUT2D eigenvalue weighted by atomic mass is 19.1. The lowest BCUT2D eigenvalue weighted by atomic mass is 10.1. The fraction of sp³-hybridized carbons (Fsp3) is 0.111. The van der Waals surface area contributed by atoms with Crippen LogP contribution in [-0.4, -0.2) is 9.97 Å². The van der Waals surface area contributed by atoms with E-state index in [4.69, 9.17) is 0 Å². The van der Waals surface area contributed by atoms with Gasteiger partial charge in [0.05, 0.1) is 0 Å². The van der Waals surface area contributed by atoms with E-state index in [1.807, 2.05) is 25.1 Å². The first kappa shape index (κ1) is 15.0. The highest BCUT2D eigenvalue weighted by molar-refractivity contribution is 5.64. The summed E-state index contributed by atoms with van der Waals surface area (Å²) in [5, 5.41) is 6.41. The van der Waals surface area contributed by atoms with E-state index in [1.54, 1.807) is 12.1 Å². The number of aromatic nitrogens is 2. The number of halogens is 1. The summed E-state index contributed by atoms with van der Waals surface area (Å²) in [6, 6.07) is 14.1. The van der Waals surface area contributed by atoms with Gasteiger partial charge in [0, 0.05) is 17.4 Å². The van der Waals surface area contributed by atoms with Gasteiger partial charge in [-0.1, -0.05) is 17.7 Å². The van der Waals surface area contributed by atoms with E-state index < -0.39 is 0 Å². The van der Waals surface area contributed by atoms with Crippen LogP contribution in [0.15, 0.2) is 54.9 Å². The Balaban J connectivity index is 1.78. The number of hydrogen-bond donors (Lipinski definition) is 2. The van der Waals surface area contributed by atoms with E-state index in [9.17, 15) is 4.39 Å². The van der Waals surface area contributed by atoms with Crippen molar-refractivity contribution in [2.45, 2.75) is 13.8 Å². The summed E-state index contributed by atoms with van der Waals surface area (Å²) in [4.78, 5) is 8.41. The summed E-state index contributed by atoms with van der Waals surface area (Å²) >= 11 is 0. The molecule has 1 aromatic heterocycles. The molecule has 2 N–H and O–H groups in total. The van der Waals surface area contributed by atoms with Gasteiger partial charge in [-0.3, -0.25) is 0 Å². The largest absolute Gasteiger partial charge is 0.340 e. The number of anilines is 4. The van der Waals surface area contributed by atoms with Crippen molar-refractivity contribution in [2.24, 2.45) is 0 Å². The Kier molecular flexibility index (Phi) is 4.19. The fourth-order valence-corrected chi connectivity index (χ4v) is 2.27. The first-order valence-electron chi connectivity index (χ1n) is 7.29. The third-order valence-electron chi connectivity index (χ3n) is 3.43. The van der Waals surface area contributed by atoms with Crippen LogP contribution < -0.4 is 10.6 Å². The molecule has 0 aliphatic heterocycles. The van der Waals surface area contributed by atoms with Crippen molar-refractivity contribution >= 4 is 23.0 Å². The Bertz CT molecular complexity index is 816. The minimum absolute atomic E-state index is 0.268. The third-order valence-corrected chi connectivity index (χ3v) is 3.43. The van der Waals surface area contributed by atoms with Crippen LogP contribution in [0.3, 0.4) is 0 Å². The van der Waals surface area contributed by atoms with Gasteiger partial charge in [0.15, 0.2) is 0 Å². The molecule has 0 fully saturated rings. The Hall–Kier alpha value is -2.95. The normalized spacial score (nSPS) is 10.4. The smallest absolute Gasteiger partial charge is 0.135 e. The highest BCUT2D eigenvalue weighted by Crippen LogP contribution is 2.22. The van der Waals surface area contributed by atoms with Gasteiger partial charge in [-0.15, -0.1) is 0 Å². The molecule has 2 aromatic carbocycles. The molecule has 0 saturated carbocycles. The molecule has 0 aliphatic rings. The zero-order chi connectivity index (χ0) is 16.2. The van der Waals surface area contributed by atoms with E-state index in [2.05, 4.69) is 33.6 Å². The van der Waals surface area contributed by atoms with Crippen molar-refractivity contribution < 1.29 is 4.39 Å². The van der Waals surface area contributed by atoms with E-state index >= 15 is 0 Å². The molecule has 0 atom stereocenters. The summed E-state index contributed by atoms with van der Waals surface area (Å²) in [6.07, 6.45) is 1.48. The highest BCUT2D eigenvalue weighted by Gasteiger charge is 2.03. The Labute approximate surface area is 134 Å². The van der Waals surface area contributed by atoms with E-state index in [0.717, 1.165) is 16.9 Å². The van der Waals surface area contributed by atoms with Crippen LogP contribution in [0.2, 0.25) is 0 Å². The van der Waals surface area contributed by atoms with Gasteiger partial charge in [0.1, 0.15) is 23.8 Å². The minimum Gasteiger partial charge on any atom is -0.340 e. The molecule has 4 nitrogen and oxygen atoms in total. The number of hydrogen-bond acceptors (Lipinski definition) is 4. The number of benzene rings is 2. The van der Waals surface area contributed by atoms with Gasteiger partial charge in [-0.25, -0.2) is 14.4 Å². The standard InChI is InChI=1S/C18H17FN4/c1-12-3-8-16(13(2)9-12)23-18-10-17(20-11-21-18)22-15-6-4-14(19)5-7-15/h3-11H,1-2H3,(H2,20,21,22,23). The van der Waals surface area contributed by atoms with Crippen LogP contribution >= 0.6 is 0 Å². The molecule has 0 aliphatic carbocycles. The Morgan fingerprint density at radius 3 is 2.22 bits per heavy atom. The van der Waals surface area contributed by atoms with Gasteiger partial charge >= 0.3 is 0 Å². The molecule has 0 saturated heterocycles. The average Bonchev–Trinajstić information content (AvgIpc) is 2.53. The van der Waals surface area contributed by atoms with Crippen molar-refractivity contribution in [3.05, 3.63) is 71.8 Å². The topological polar surface area (TPSA) is 49.8 Å². The molecule has 0 bridgehead atoms. The monoisotopic (exact) mass is 308 g/mol. The van der Waals surface area contributed by atoms with Gasteiger partial charge in [0.25, 0.3) is 0 Å². The summed E-state index contributed by atoms with van der Waals surface area (Å²) in [7, 11) is 0. The number of nitrogens with one attached hydrogen (secondary N) is 2. The zero-order valence-electron chi connectivity index (χ0n) is 13.0. The van der Waals surface area contributed by atoms with Crippen LogP contribution in [0.25, 0.3) is 0 Å². The maximum absolute atomic E-state index is 12.9. The van der Waals surface area contributed by atoms with Gasteiger partial charge in [-0.2, -0.15) is 0 Å². The third kappa shape index (κ3) is 3.83. The van der Waals surface area contributed by atoms with Gasteiger partial charge in [0.2, 0.25) is 0 Å². The molecule has 0 amide bonds.